The Morgan fingerprint density at radius 3 is 2.06 bits per heavy atom. The highest BCUT2D eigenvalue weighted by Crippen LogP contribution is 2.15. The van der Waals surface area contributed by atoms with Crippen LogP contribution in [0.25, 0.3) is 0 Å². The number of aryl methyl sites for hydroxylation is 2. The summed E-state index contributed by atoms with van der Waals surface area (Å²) in [6, 6.07) is 6.02. The van der Waals surface area contributed by atoms with E-state index in [1.807, 2.05) is 39.8 Å². The molecular weight excluding hydrogens is 200 g/mol. The molecule has 0 radical (unpaired) electrons. The van der Waals surface area contributed by atoms with Gasteiger partial charge in [-0.15, -0.1) is 0 Å². The molecule has 0 fully saturated rings. The van der Waals surface area contributed by atoms with E-state index in [-0.39, 0.29) is 5.91 Å². The number of likely N-dealkylation sites (N-methyl/N-ethyl adjacent to an activating group) is 1. The first-order valence-corrected chi connectivity index (χ1v) is 5.44. The van der Waals surface area contributed by atoms with Gasteiger partial charge in [-0.2, -0.15) is 0 Å². The van der Waals surface area contributed by atoms with Crippen molar-refractivity contribution < 1.29 is 4.79 Å². The van der Waals surface area contributed by atoms with Gasteiger partial charge >= 0.3 is 0 Å². The van der Waals surface area contributed by atoms with E-state index in [0.29, 0.717) is 0 Å². The molecule has 16 heavy (non-hydrogen) atoms. The smallest absolute Gasteiger partial charge is 0.244 e. The van der Waals surface area contributed by atoms with Gasteiger partial charge in [-0.1, -0.05) is 6.07 Å². The van der Waals surface area contributed by atoms with Crippen LogP contribution in [0.3, 0.4) is 0 Å². The van der Waals surface area contributed by atoms with E-state index in [2.05, 4.69) is 16.7 Å². The monoisotopic (exact) mass is 220 g/mol. The van der Waals surface area contributed by atoms with Crippen LogP contribution in [0.4, 0.5) is 5.69 Å². The number of amides is 1. The Morgan fingerprint density at radius 2 is 1.62 bits per heavy atom. The topological polar surface area (TPSA) is 41.1 Å². The van der Waals surface area contributed by atoms with Crippen LogP contribution in [0.5, 0.6) is 0 Å². The van der Waals surface area contributed by atoms with Gasteiger partial charge in [0.05, 0.1) is 5.54 Å². The van der Waals surface area contributed by atoms with Crippen LogP contribution in [-0.4, -0.2) is 18.5 Å². The van der Waals surface area contributed by atoms with Gasteiger partial charge in [0, 0.05) is 5.69 Å². The van der Waals surface area contributed by atoms with Gasteiger partial charge in [-0.05, 0) is 58.0 Å². The van der Waals surface area contributed by atoms with Crippen LogP contribution in [0.15, 0.2) is 18.2 Å². The normalized spacial score (nSPS) is 11.3. The Balaban J connectivity index is 2.85. The molecule has 0 saturated carbocycles. The van der Waals surface area contributed by atoms with Crippen molar-refractivity contribution >= 4 is 11.6 Å². The average Bonchev–Trinajstić information content (AvgIpc) is 2.15. The molecular formula is C13H20N2O. The summed E-state index contributed by atoms with van der Waals surface area (Å²) in [7, 11) is 1.78. The lowest BCUT2D eigenvalue weighted by molar-refractivity contribution is -0.121. The molecule has 0 heterocycles. The first-order chi connectivity index (χ1) is 7.35. The van der Waals surface area contributed by atoms with E-state index in [9.17, 15) is 4.79 Å². The molecule has 0 spiro atoms. The lowest BCUT2D eigenvalue weighted by atomic mass is 10.0. The number of hydrogen-bond donors (Lipinski definition) is 2. The predicted molar refractivity (Wildman–Crippen MR) is 67.7 cm³/mol. The molecule has 3 nitrogen and oxygen atoms in total. The third-order valence-electron chi connectivity index (χ3n) is 2.67. The van der Waals surface area contributed by atoms with Crippen molar-refractivity contribution in [3.05, 3.63) is 29.3 Å². The molecule has 1 aromatic carbocycles. The Labute approximate surface area is 97.2 Å². The molecule has 0 saturated heterocycles. The second kappa shape index (κ2) is 4.66. The van der Waals surface area contributed by atoms with E-state index in [1.165, 1.54) is 0 Å². The van der Waals surface area contributed by atoms with E-state index < -0.39 is 5.54 Å². The summed E-state index contributed by atoms with van der Waals surface area (Å²) < 4.78 is 0. The summed E-state index contributed by atoms with van der Waals surface area (Å²) >= 11 is 0. The molecule has 0 aliphatic rings. The number of carbonyl (C=O) groups excluding carboxylic acids is 1. The van der Waals surface area contributed by atoms with Gasteiger partial charge < -0.3 is 10.6 Å². The average molecular weight is 220 g/mol. The molecule has 0 bridgehead atoms. The first kappa shape index (κ1) is 12.7. The van der Waals surface area contributed by atoms with Crippen LogP contribution in [-0.2, 0) is 4.79 Å². The Kier molecular flexibility index (Phi) is 3.70. The summed E-state index contributed by atoms with van der Waals surface area (Å²) in [4.78, 5) is 11.9. The van der Waals surface area contributed by atoms with Crippen molar-refractivity contribution in [1.29, 1.82) is 0 Å². The zero-order valence-corrected chi connectivity index (χ0v) is 10.6. The number of hydrogen-bond acceptors (Lipinski definition) is 2. The molecule has 0 atom stereocenters. The lowest BCUT2D eigenvalue weighted by Crippen LogP contribution is -2.47. The van der Waals surface area contributed by atoms with E-state index in [4.69, 9.17) is 0 Å². The fourth-order valence-electron chi connectivity index (χ4n) is 1.45. The summed E-state index contributed by atoms with van der Waals surface area (Å²) in [5.74, 6) is -0.0278. The SMILES string of the molecule is CNC(C)(C)C(=O)Nc1cc(C)cc(C)c1. The van der Waals surface area contributed by atoms with Gasteiger partial charge in [0.2, 0.25) is 5.91 Å². The zero-order chi connectivity index (χ0) is 12.3. The van der Waals surface area contributed by atoms with Gasteiger partial charge in [0.25, 0.3) is 0 Å². The fraction of sp³-hybridized carbons (Fsp3) is 0.462. The minimum atomic E-state index is -0.558. The van der Waals surface area contributed by atoms with Gasteiger partial charge in [0.1, 0.15) is 0 Å². The first-order valence-electron chi connectivity index (χ1n) is 5.44. The zero-order valence-electron chi connectivity index (χ0n) is 10.6. The molecule has 0 aliphatic heterocycles. The second-order valence-electron chi connectivity index (χ2n) is 4.71. The highest BCUT2D eigenvalue weighted by atomic mass is 16.2. The minimum absolute atomic E-state index is 0.0278. The Morgan fingerprint density at radius 1 is 1.12 bits per heavy atom. The van der Waals surface area contributed by atoms with Crippen molar-refractivity contribution in [2.24, 2.45) is 0 Å². The standard InChI is InChI=1S/C13H20N2O/c1-9-6-10(2)8-11(7-9)15-12(16)13(3,4)14-5/h6-8,14H,1-5H3,(H,15,16). The molecule has 2 N–H and O–H groups in total. The summed E-state index contributed by atoms with van der Waals surface area (Å²) in [6.07, 6.45) is 0. The van der Waals surface area contributed by atoms with Gasteiger partial charge in [-0.25, -0.2) is 0 Å². The quantitative estimate of drug-likeness (QED) is 0.820. The highest BCUT2D eigenvalue weighted by Gasteiger charge is 2.25. The molecule has 88 valence electrons. The van der Waals surface area contributed by atoms with Crippen LogP contribution >= 0.6 is 0 Å². The third-order valence-corrected chi connectivity index (χ3v) is 2.67. The van der Waals surface area contributed by atoms with E-state index in [0.717, 1.165) is 16.8 Å². The molecule has 1 aromatic rings. The molecule has 1 rings (SSSR count). The number of carbonyl (C=O) groups is 1. The van der Waals surface area contributed by atoms with Crippen molar-refractivity contribution in [1.82, 2.24) is 5.32 Å². The van der Waals surface area contributed by atoms with Crippen LogP contribution in [0.2, 0.25) is 0 Å². The van der Waals surface area contributed by atoms with Gasteiger partial charge in [0.15, 0.2) is 0 Å². The molecule has 1 amide bonds. The van der Waals surface area contributed by atoms with E-state index >= 15 is 0 Å². The van der Waals surface area contributed by atoms with Crippen LogP contribution in [0.1, 0.15) is 25.0 Å². The van der Waals surface area contributed by atoms with Gasteiger partial charge in [-0.3, -0.25) is 4.79 Å². The van der Waals surface area contributed by atoms with E-state index in [1.54, 1.807) is 7.05 Å². The van der Waals surface area contributed by atoms with Crippen LogP contribution in [0, 0.1) is 13.8 Å². The molecule has 0 aromatic heterocycles. The van der Waals surface area contributed by atoms with Crippen LogP contribution < -0.4 is 10.6 Å². The molecule has 0 aliphatic carbocycles. The number of anilines is 1. The fourth-order valence-corrected chi connectivity index (χ4v) is 1.45. The van der Waals surface area contributed by atoms with Crippen molar-refractivity contribution in [2.45, 2.75) is 33.2 Å². The summed E-state index contributed by atoms with van der Waals surface area (Å²) in [5, 5.41) is 5.89. The number of nitrogens with one attached hydrogen (secondary N) is 2. The van der Waals surface area contributed by atoms with Crippen molar-refractivity contribution in [3.63, 3.8) is 0 Å². The van der Waals surface area contributed by atoms with Crippen molar-refractivity contribution in [2.75, 3.05) is 12.4 Å². The van der Waals surface area contributed by atoms with Crippen molar-refractivity contribution in [3.8, 4) is 0 Å². The largest absolute Gasteiger partial charge is 0.324 e. The maximum atomic E-state index is 11.9. The summed E-state index contributed by atoms with van der Waals surface area (Å²) in [5.41, 5.74) is 2.60. The third kappa shape index (κ3) is 3.07. The maximum Gasteiger partial charge on any atom is 0.244 e. The molecule has 3 heteroatoms. The second-order valence-corrected chi connectivity index (χ2v) is 4.71. The Bertz CT molecular complexity index is 377. The summed E-state index contributed by atoms with van der Waals surface area (Å²) in [6.45, 7) is 7.74. The number of benzene rings is 1. The predicted octanol–water partition coefficient (Wildman–Crippen LogP) is 2.24. The highest BCUT2D eigenvalue weighted by molar-refractivity contribution is 5.97. The molecule has 0 unspecified atom stereocenters. The maximum absolute atomic E-state index is 11.9. The minimum Gasteiger partial charge on any atom is -0.324 e. The lowest BCUT2D eigenvalue weighted by Gasteiger charge is -2.23. The Hall–Kier alpha value is -1.35. The number of rotatable bonds is 3.